The van der Waals surface area contributed by atoms with E-state index in [1.807, 2.05) is 6.20 Å². The van der Waals surface area contributed by atoms with Gasteiger partial charge in [-0.3, -0.25) is 0 Å². The van der Waals surface area contributed by atoms with E-state index in [0.717, 1.165) is 12.4 Å². The Morgan fingerprint density at radius 2 is 2.16 bits per heavy atom. The smallest absolute Gasteiger partial charge is 0.128 e. The first-order chi connectivity index (χ1) is 8.91. The minimum Gasteiger partial charge on any atom is -0.373 e. The normalized spacial score (nSPS) is 24.6. The lowest BCUT2D eigenvalue weighted by atomic mass is 9.88. The number of hydrogen-bond donors (Lipinski definition) is 0. The predicted octanol–water partition coefficient (Wildman–Crippen LogP) is 3.21. The Labute approximate surface area is 120 Å². The van der Waals surface area contributed by atoms with Crippen LogP contribution in [-0.4, -0.2) is 36.2 Å². The third-order valence-corrected chi connectivity index (χ3v) is 3.93. The van der Waals surface area contributed by atoms with Crippen molar-refractivity contribution in [2.24, 2.45) is 0 Å². The molecule has 2 rings (SSSR count). The number of anilines is 1. The predicted molar refractivity (Wildman–Crippen MR) is 80.2 cm³/mol. The molecule has 0 saturated carbocycles. The monoisotopic (exact) mass is 282 g/mol. The summed E-state index contributed by atoms with van der Waals surface area (Å²) in [7, 11) is 0. The van der Waals surface area contributed by atoms with Crippen LogP contribution in [-0.2, 0) is 10.2 Å². The van der Waals surface area contributed by atoms with Crippen LogP contribution < -0.4 is 4.90 Å². The fourth-order valence-corrected chi connectivity index (χ4v) is 2.42. The van der Waals surface area contributed by atoms with Gasteiger partial charge in [-0.25, -0.2) is 4.98 Å². The van der Waals surface area contributed by atoms with Crippen LogP contribution in [0, 0.1) is 0 Å². The van der Waals surface area contributed by atoms with E-state index in [4.69, 9.17) is 16.3 Å². The zero-order chi connectivity index (χ0) is 14.0. The Balaban J connectivity index is 2.16. The molecule has 0 aromatic carbocycles. The number of halogens is 1. The van der Waals surface area contributed by atoms with E-state index in [2.05, 4.69) is 49.7 Å². The summed E-state index contributed by atoms with van der Waals surface area (Å²) in [5, 5.41) is 0. The minimum absolute atomic E-state index is 0.0990. The van der Waals surface area contributed by atoms with Crippen LogP contribution in [0.2, 0.25) is 0 Å². The van der Waals surface area contributed by atoms with Crippen LogP contribution in [0.5, 0.6) is 0 Å². The van der Waals surface area contributed by atoms with E-state index in [1.165, 1.54) is 5.56 Å². The molecule has 2 unspecified atom stereocenters. The standard InChI is InChI=1S/C15H23ClN2O/c1-11-10-19-13(7-16)9-18(11)14-6-5-12(8-17-14)15(2,3)4/h5-6,8,11,13H,7,9-10H2,1-4H3. The molecule has 0 radical (unpaired) electrons. The lowest BCUT2D eigenvalue weighted by molar-refractivity contribution is 0.0361. The molecule has 3 nitrogen and oxygen atoms in total. The molecule has 1 saturated heterocycles. The average molecular weight is 283 g/mol. The molecule has 106 valence electrons. The summed E-state index contributed by atoms with van der Waals surface area (Å²) in [6.07, 6.45) is 2.08. The molecule has 19 heavy (non-hydrogen) atoms. The maximum Gasteiger partial charge on any atom is 0.128 e. The first-order valence-electron chi connectivity index (χ1n) is 6.82. The second kappa shape index (κ2) is 5.68. The number of ether oxygens (including phenoxy) is 1. The van der Waals surface area contributed by atoms with E-state index in [9.17, 15) is 0 Å². The number of pyridine rings is 1. The van der Waals surface area contributed by atoms with E-state index in [0.29, 0.717) is 18.5 Å². The van der Waals surface area contributed by atoms with Gasteiger partial charge in [-0.1, -0.05) is 26.8 Å². The zero-order valence-corrected chi connectivity index (χ0v) is 12.9. The Bertz CT molecular complexity index is 413. The molecule has 0 amide bonds. The van der Waals surface area contributed by atoms with Gasteiger partial charge in [0.15, 0.2) is 0 Å². The van der Waals surface area contributed by atoms with Crippen molar-refractivity contribution in [2.45, 2.75) is 45.3 Å². The second-order valence-electron chi connectivity index (χ2n) is 6.27. The molecule has 2 heterocycles. The molecular formula is C15H23ClN2O. The Kier molecular flexibility index (Phi) is 4.36. The van der Waals surface area contributed by atoms with Crippen molar-refractivity contribution < 1.29 is 4.74 Å². The van der Waals surface area contributed by atoms with Gasteiger partial charge >= 0.3 is 0 Å². The van der Waals surface area contributed by atoms with E-state index in [-0.39, 0.29) is 11.5 Å². The number of alkyl halides is 1. The lowest BCUT2D eigenvalue weighted by Crippen LogP contribution is -2.49. The summed E-state index contributed by atoms with van der Waals surface area (Å²) in [6, 6.07) is 4.61. The third kappa shape index (κ3) is 3.40. The van der Waals surface area contributed by atoms with Crippen molar-refractivity contribution in [3.05, 3.63) is 23.9 Å². The zero-order valence-electron chi connectivity index (χ0n) is 12.2. The molecule has 0 spiro atoms. The van der Waals surface area contributed by atoms with Gasteiger partial charge in [0.05, 0.1) is 24.6 Å². The van der Waals surface area contributed by atoms with Gasteiger partial charge in [0.25, 0.3) is 0 Å². The number of aromatic nitrogens is 1. The largest absolute Gasteiger partial charge is 0.373 e. The van der Waals surface area contributed by atoms with Crippen LogP contribution in [0.1, 0.15) is 33.3 Å². The van der Waals surface area contributed by atoms with Gasteiger partial charge in [0, 0.05) is 12.7 Å². The highest BCUT2D eigenvalue weighted by molar-refractivity contribution is 6.18. The minimum atomic E-state index is 0.0990. The van der Waals surface area contributed by atoms with Crippen molar-refractivity contribution in [3.8, 4) is 0 Å². The molecule has 1 fully saturated rings. The quantitative estimate of drug-likeness (QED) is 0.779. The van der Waals surface area contributed by atoms with Crippen molar-refractivity contribution >= 4 is 17.4 Å². The summed E-state index contributed by atoms with van der Waals surface area (Å²) < 4.78 is 5.67. The van der Waals surface area contributed by atoms with Gasteiger partial charge in [0.2, 0.25) is 0 Å². The molecule has 0 bridgehead atoms. The van der Waals surface area contributed by atoms with Gasteiger partial charge in [-0.2, -0.15) is 0 Å². The molecule has 0 N–H and O–H groups in total. The maximum absolute atomic E-state index is 5.89. The number of morpholine rings is 1. The fourth-order valence-electron chi connectivity index (χ4n) is 2.23. The number of rotatable bonds is 2. The van der Waals surface area contributed by atoms with E-state index < -0.39 is 0 Å². The van der Waals surface area contributed by atoms with Crippen LogP contribution in [0.15, 0.2) is 18.3 Å². The van der Waals surface area contributed by atoms with Crippen LogP contribution in [0.25, 0.3) is 0 Å². The molecule has 1 aromatic heterocycles. The maximum atomic E-state index is 5.89. The summed E-state index contributed by atoms with van der Waals surface area (Å²) >= 11 is 5.89. The summed E-state index contributed by atoms with van der Waals surface area (Å²) in [5.74, 6) is 1.54. The highest BCUT2D eigenvalue weighted by Gasteiger charge is 2.26. The van der Waals surface area contributed by atoms with Crippen molar-refractivity contribution in [2.75, 3.05) is 23.9 Å². The third-order valence-electron chi connectivity index (χ3n) is 3.59. The highest BCUT2D eigenvalue weighted by atomic mass is 35.5. The van der Waals surface area contributed by atoms with Crippen molar-refractivity contribution in [3.63, 3.8) is 0 Å². The molecule has 1 aliphatic heterocycles. The molecule has 0 aliphatic carbocycles. The van der Waals surface area contributed by atoms with Crippen LogP contribution >= 0.6 is 11.6 Å². The molecular weight excluding hydrogens is 260 g/mol. The van der Waals surface area contributed by atoms with Crippen molar-refractivity contribution in [1.29, 1.82) is 0 Å². The number of nitrogens with zero attached hydrogens (tertiary/aromatic N) is 2. The Morgan fingerprint density at radius 1 is 1.42 bits per heavy atom. The topological polar surface area (TPSA) is 25.4 Å². The first kappa shape index (κ1) is 14.6. The Hall–Kier alpha value is -0.800. The van der Waals surface area contributed by atoms with Crippen LogP contribution in [0.3, 0.4) is 0 Å². The number of hydrogen-bond acceptors (Lipinski definition) is 3. The SMILES string of the molecule is CC1COC(CCl)CN1c1ccc(C(C)(C)C)cn1. The van der Waals surface area contributed by atoms with Gasteiger partial charge < -0.3 is 9.64 Å². The van der Waals surface area contributed by atoms with Crippen LogP contribution in [0.4, 0.5) is 5.82 Å². The molecule has 2 atom stereocenters. The highest BCUT2D eigenvalue weighted by Crippen LogP contribution is 2.25. The Morgan fingerprint density at radius 3 is 2.68 bits per heavy atom. The molecule has 1 aromatic rings. The molecule has 4 heteroatoms. The first-order valence-corrected chi connectivity index (χ1v) is 7.36. The van der Waals surface area contributed by atoms with Gasteiger partial charge in [-0.15, -0.1) is 11.6 Å². The summed E-state index contributed by atoms with van der Waals surface area (Å²) in [6.45, 7) is 10.3. The van der Waals surface area contributed by atoms with E-state index >= 15 is 0 Å². The van der Waals surface area contributed by atoms with Gasteiger partial charge in [-0.05, 0) is 24.0 Å². The second-order valence-corrected chi connectivity index (χ2v) is 6.57. The fraction of sp³-hybridized carbons (Fsp3) is 0.667. The average Bonchev–Trinajstić information content (AvgIpc) is 2.38. The lowest BCUT2D eigenvalue weighted by Gasteiger charge is -2.38. The van der Waals surface area contributed by atoms with E-state index in [1.54, 1.807) is 0 Å². The van der Waals surface area contributed by atoms with Gasteiger partial charge in [0.1, 0.15) is 5.82 Å². The van der Waals surface area contributed by atoms with Crippen molar-refractivity contribution in [1.82, 2.24) is 4.98 Å². The summed E-state index contributed by atoms with van der Waals surface area (Å²) in [5.41, 5.74) is 1.40. The summed E-state index contributed by atoms with van der Waals surface area (Å²) in [4.78, 5) is 6.90. The molecule has 1 aliphatic rings.